The first-order valence-corrected chi connectivity index (χ1v) is 6.04. The van der Waals surface area contributed by atoms with E-state index in [9.17, 15) is 0 Å². The minimum atomic E-state index is 0.833. The number of nitrogens with one attached hydrogen (secondary N) is 1. The molecule has 0 bridgehead atoms. The largest absolute Gasteiger partial charge is 0.497 e. The number of nitrogens with zero attached hydrogens (tertiary/aromatic N) is 1. The minimum absolute atomic E-state index is 0.833. The average molecular weight is 242 g/mol. The molecule has 2 aromatic rings. The zero-order valence-electron chi connectivity index (χ0n) is 10.8. The molecule has 2 rings (SSSR count). The fourth-order valence-electron chi connectivity index (χ4n) is 1.95. The predicted octanol–water partition coefficient (Wildman–Crippen LogP) is 2.40. The van der Waals surface area contributed by atoms with Gasteiger partial charge < -0.3 is 10.1 Å². The van der Waals surface area contributed by atoms with E-state index in [2.05, 4.69) is 22.4 Å². The van der Waals surface area contributed by atoms with Gasteiger partial charge in [-0.3, -0.25) is 4.98 Å². The smallest absolute Gasteiger partial charge is 0.119 e. The lowest BCUT2D eigenvalue weighted by atomic mass is 10.0. The van der Waals surface area contributed by atoms with Gasteiger partial charge in [-0.2, -0.15) is 0 Å². The summed E-state index contributed by atoms with van der Waals surface area (Å²) in [5.41, 5.74) is 3.62. The molecule has 94 valence electrons. The van der Waals surface area contributed by atoms with Crippen molar-refractivity contribution in [2.75, 3.05) is 14.2 Å². The third-order valence-corrected chi connectivity index (χ3v) is 2.88. The first-order valence-electron chi connectivity index (χ1n) is 6.04. The van der Waals surface area contributed by atoms with Crippen LogP contribution in [0.15, 0.2) is 42.6 Å². The van der Waals surface area contributed by atoms with Crippen molar-refractivity contribution in [1.82, 2.24) is 10.3 Å². The first-order chi connectivity index (χ1) is 8.83. The SMILES string of the molecule is CNCc1cc(OC)ccc1Cc1ccccn1. The Balaban J connectivity index is 2.26. The molecule has 3 nitrogen and oxygen atoms in total. The Bertz CT molecular complexity index is 497. The molecule has 3 heteroatoms. The summed E-state index contributed by atoms with van der Waals surface area (Å²) in [4.78, 5) is 4.37. The summed E-state index contributed by atoms with van der Waals surface area (Å²) in [6.45, 7) is 0.833. The molecule has 0 radical (unpaired) electrons. The first kappa shape index (κ1) is 12.6. The quantitative estimate of drug-likeness (QED) is 0.874. The van der Waals surface area contributed by atoms with Crippen molar-refractivity contribution < 1.29 is 4.74 Å². The summed E-state index contributed by atoms with van der Waals surface area (Å²) in [5.74, 6) is 0.894. The summed E-state index contributed by atoms with van der Waals surface area (Å²) in [7, 11) is 3.64. The molecular weight excluding hydrogens is 224 g/mol. The van der Waals surface area contributed by atoms with Crippen molar-refractivity contribution >= 4 is 0 Å². The molecule has 1 aromatic heterocycles. The number of methoxy groups -OCH3 is 1. The molecule has 0 saturated carbocycles. The lowest BCUT2D eigenvalue weighted by Crippen LogP contribution is -2.08. The molecule has 0 unspecified atom stereocenters. The summed E-state index contributed by atoms with van der Waals surface area (Å²) in [6.07, 6.45) is 2.68. The highest BCUT2D eigenvalue weighted by molar-refractivity contribution is 5.37. The lowest BCUT2D eigenvalue weighted by Gasteiger charge is -2.11. The van der Waals surface area contributed by atoms with E-state index in [1.54, 1.807) is 7.11 Å². The van der Waals surface area contributed by atoms with Crippen LogP contribution >= 0.6 is 0 Å². The van der Waals surface area contributed by atoms with Crippen LogP contribution in [0.2, 0.25) is 0 Å². The van der Waals surface area contributed by atoms with Crippen LogP contribution in [-0.2, 0) is 13.0 Å². The van der Waals surface area contributed by atoms with Gasteiger partial charge in [0.2, 0.25) is 0 Å². The maximum Gasteiger partial charge on any atom is 0.119 e. The van der Waals surface area contributed by atoms with E-state index in [1.165, 1.54) is 11.1 Å². The molecule has 1 N–H and O–H groups in total. The summed E-state index contributed by atoms with van der Waals surface area (Å²) < 4.78 is 5.26. The van der Waals surface area contributed by atoms with Crippen molar-refractivity contribution in [3.05, 3.63) is 59.4 Å². The molecular formula is C15H18N2O. The number of ether oxygens (including phenoxy) is 1. The van der Waals surface area contributed by atoms with Gasteiger partial charge in [0.1, 0.15) is 5.75 Å². The van der Waals surface area contributed by atoms with Gasteiger partial charge in [-0.1, -0.05) is 12.1 Å². The van der Waals surface area contributed by atoms with Crippen LogP contribution in [0.4, 0.5) is 0 Å². The highest BCUT2D eigenvalue weighted by Gasteiger charge is 2.05. The third-order valence-electron chi connectivity index (χ3n) is 2.88. The van der Waals surface area contributed by atoms with E-state index in [0.29, 0.717) is 0 Å². The summed E-state index contributed by atoms with van der Waals surface area (Å²) in [6, 6.07) is 12.2. The fraction of sp³-hybridized carbons (Fsp3) is 0.267. The van der Waals surface area contributed by atoms with Crippen molar-refractivity contribution in [2.45, 2.75) is 13.0 Å². The van der Waals surface area contributed by atoms with Crippen molar-refractivity contribution in [2.24, 2.45) is 0 Å². The van der Waals surface area contributed by atoms with Crippen LogP contribution in [0, 0.1) is 0 Å². The zero-order valence-corrected chi connectivity index (χ0v) is 10.8. The Hall–Kier alpha value is -1.87. The molecule has 0 spiro atoms. The minimum Gasteiger partial charge on any atom is -0.497 e. The van der Waals surface area contributed by atoms with Gasteiger partial charge >= 0.3 is 0 Å². The number of aromatic nitrogens is 1. The Kier molecular flexibility index (Phi) is 4.31. The number of hydrogen-bond donors (Lipinski definition) is 1. The third kappa shape index (κ3) is 3.08. The number of benzene rings is 1. The Morgan fingerprint density at radius 3 is 2.72 bits per heavy atom. The highest BCUT2D eigenvalue weighted by Crippen LogP contribution is 2.19. The maximum absolute atomic E-state index is 5.26. The highest BCUT2D eigenvalue weighted by atomic mass is 16.5. The lowest BCUT2D eigenvalue weighted by molar-refractivity contribution is 0.414. The van der Waals surface area contributed by atoms with E-state index in [1.807, 2.05) is 37.5 Å². The molecule has 0 aliphatic carbocycles. The molecule has 0 atom stereocenters. The van der Waals surface area contributed by atoms with Crippen molar-refractivity contribution in [3.63, 3.8) is 0 Å². The second-order valence-corrected chi connectivity index (χ2v) is 4.16. The Morgan fingerprint density at radius 2 is 2.06 bits per heavy atom. The number of hydrogen-bond acceptors (Lipinski definition) is 3. The molecule has 0 amide bonds. The van der Waals surface area contributed by atoms with E-state index in [0.717, 1.165) is 24.4 Å². The second kappa shape index (κ2) is 6.17. The fourth-order valence-corrected chi connectivity index (χ4v) is 1.95. The van der Waals surface area contributed by atoms with Crippen LogP contribution in [0.3, 0.4) is 0 Å². The summed E-state index contributed by atoms with van der Waals surface area (Å²) in [5, 5.41) is 3.19. The van der Waals surface area contributed by atoms with Crippen LogP contribution in [0.1, 0.15) is 16.8 Å². The van der Waals surface area contributed by atoms with E-state index < -0.39 is 0 Å². The number of rotatable bonds is 5. The van der Waals surface area contributed by atoms with E-state index in [4.69, 9.17) is 4.74 Å². The van der Waals surface area contributed by atoms with Gasteiger partial charge in [0, 0.05) is 24.9 Å². The topological polar surface area (TPSA) is 34.1 Å². The monoisotopic (exact) mass is 242 g/mol. The van der Waals surface area contributed by atoms with Gasteiger partial charge in [0.05, 0.1) is 7.11 Å². The van der Waals surface area contributed by atoms with E-state index in [-0.39, 0.29) is 0 Å². The molecule has 18 heavy (non-hydrogen) atoms. The maximum atomic E-state index is 5.26. The van der Waals surface area contributed by atoms with Crippen LogP contribution < -0.4 is 10.1 Å². The summed E-state index contributed by atoms with van der Waals surface area (Å²) >= 11 is 0. The van der Waals surface area contributed by atoms with Crippen LogP contribution in [0.25, 0.3) is 0 Å². The zero-order chi connectivity index (χ0) is 12.8. The van der Waals surface area contributed by atoms with Gasteiger partial charge in [-0.15, -0.1) is 0 Å². The molecule has 0 aliphatic heterocycles. The molecule has 1 aromatic carbocycles. The molecule has 0 fully saturated rings. The van der Waals surface area contributed by atoms with Gasteiger partial charge in [-0.05, 0) is 42.4 Å². The normalized spacial score (nSPS) is 10.3. The predicted molar refractivity (Wildman–Crippen MR) is 72.8 cm³/mol. The van der Waals surface area contributed by atoms with Crippen LogP contribution in [-0.4, -0.2) is 19.1 Å². The van der Waals surface area contributed by atoms with Gasteiger partial charge in [0.15, 0.2) is 0 Å². The van der Waals surface area contributed by atoms with Crippen molar-refractivity contribution in [1.29, 1.82) is 0 Å². The second-order valence-electron chi connectivity index (χ2n) is 4.16. The van der Waals surface area contributed by atoms with Crippen molar-refractivity contribution in [3.8, 4) is 5.75 Å². The Labute approximate surface area is 108 Å². The molecule has 0 saturated heterocycles. The molecule has 1 heterocycles. The molecule has 0 aliphatic rings. The standard InChI is InChI=1S/C15H18N2O/c1-16-11-13-10-15(18-2)7-6-12(13)9-14-5-3-4-8-17-14/h3-8,10,16H,9,11H2,1-2H3. The van der Waals surface area contributed by atoms with Gasteiger partial charge in [-0.25, -0.2) is 0 Å². The van der Waals surface area contributed by atoms with E-state index >= 15 is 0 Å². The number of pyridine rings is 1. The van der Waals surface area contributed by atoms with Crippen LogP contribution in [0.5, 0.6) is 5.75 Å². The average Bonchev–Trinajstić information content (AvgIpc) is 2.42. The Morgan fingerprint density at radius 1 is 1.17 bits per heavy atom. The van der Waals surface area contributed by atoms with Gasteiger partial charge in [0.25, 0.3) is 0 Å².